The first kappa shape index (κ1) is 14.8. The average molecular weight is 278 g/mol. The van der Waals surface area contributed by atoms with Gasteiger partial charge in [0.2, 0.25) is 5.91 Å². The molecule has 1 amide bonds. The van der Waals surface area contributed by atoms with Gasteiger partial charge in [0.25, 0.3) is 0 Å². The summed E-state index contributed by atoms with van der Waals surface area (Å²) in [6.45, 7) is 4.38. The fraction of sp³-hybridized carbons (Fsp3) is 0.533. The van der Waals surface area contributed by atoms with Gasteiger partial charge in [-0.1, -0.05) is 0 Å². The zero-order valence-electron chi connectivity index (χ0n) is 12.5. The fourth-order valence-electron chi connectivity index (χ4n) is 2.65. The number of hydrogen-bond acceptors (Lipinski definition) is 4. The van der Waals surface area contributed by atoms with Crippen molar-refractivity contribution in [2.75, 3.05) is 31.0 Å². The maximum atomic E-state index is 11.5. The second kappa shape index (κ2) is 6.24. The molecular weight excluding hydrogens is 256 g/mol. The van der Waals surface area contributed by atoms with Crippen LogP contribution in [0, 0.1) is 0 Å². The van der Waals surface area contributed by atoms with Crippen LogP contribution in [0.5, 0.6) is 0 Å². The van der Waals surface area contributed by atoms with E-state index < -0.39 is 0 Å². The summed E-state index contributed by atoms with van der Waals surface area (Å²) in [6.07, 6.45) is 0.605. The molecule has 1 N–H and O–H groups in total. The molecule has 1 heterocycles. The van der Waals surface area contributed by atoms with Crippen molar-refractivity contribution in [1.29, 1.82) is 0 Å². The molecule has 5 heteroatoms. The normalized spacial score (nSPS) is 15.3. The first-order chi connectivity index (χ1) is 9.56. The Kier molecular flexibility index (Phi) is 4.62. The summed E-state index contributed by atoms with van der Waals surface area (Å²) < 4.78 is 10.5. The molecule has 20 heavy (non-hydrogen) atoms. The van der Waals surface area contributed by atoms with Gasteiger partial charge >= 0.3 is 0 Å². The molecule has 2 rings (SSSR count). The predicted octanol–water partition coefficient (Wildman–Crippen LogP) is 2.01. The minimum Gasteiger partial charge on any atom is -0.377 e. The fourth-order valence-corrected chi connectivity index (χ4v) is 2.65. The summed E-state index contributed by atoms with van der Waals surface area (Å²) in [4.78, 5) is 13.3. The molecule has 5 nitrogen and oxygen atoms in total. The summed E-state index contributed by atoms with van der Waals surface area (Å²) in [5.74, 6) is 0.0941. The number of fused-ring (bicyclic) bond motifs is 1. The van der Waals surface area contributed by atoms with Crippen molar-refractivity contribution < 1.29 is 14.3 Å². The topological polar surface area (TPSA) is 50.8 Å². The molecule has 0 aliphatic carbocycles. The van der Waals surface area contributed by atoms with Crippen LogP contribution in [0.1, 0.15) is 19.4 Å². The highest BCUT2D eigenvalue weighted by molar-refractivity contribution is 5.94. The smallest absolute Gasteiger partial charge is 0.223 e. The number of rotatable bonds is 5. The number of anilines is 2. The third-order valence-electron chi connectivity index (χ3n) is 3.62. The molecule has 1 unspecified atom stereocenters. The summed E-state index contributed by atoms with van der Waals surface area (Å²) in [7, 11) is 3.25. The number of nitrogens with zero attached hydrogens (tertiary/aromatic N) is 1. The highest BCUT2D eigenvalue weighted by Crippen LogP contribution is 2.30. The number of hydrogen-bond donors (Lipinski definition) is 1. The van der Waals surface area contributed by atoms with Crippen LogP contribution in [0.2, 0.25) is 0 Å². The van der Waals surface area contributed by atoms with E-state index in [1.54, 1.807) is 21.1 Å². The Bertz CT molecular complexity index is 486. The highest BCUT2D eigenvalue weighted by atomic mass is 16.7. The summed E-state index contributed by atoms with van der Waals surface area (Å²) >= 11 is 0. The van der Waals surface area contributed by atoms with Crippen molar-refractivity contribution in [2.24, 2.45) is 0 Å². The number of benzene rings is 1. The van der Waals surface area contributed by atoms with Crippen LogP contribution >= 0.6 is 0 Å². The van der Waals surface area contributed by atoms with Gasteiger partial charge in [-0.2, -0.15) is 0 Å². The molecule has 0 saturated carbocycles. The Morgan fingerprint density at radius 1 is 1.35 bits per heavy atom. The lowest BCUT2D eigenvalue weighted by molar-refractivity contribution is -0.116. The van der Waals surface area contributed by atoms with Crippen LogP contribution in [-0.4, -0.2) is 39.0 Å². The van der Waals surface area contributed by atoms with E-state index in [9.17, 15) is 4.79 Å². The van der Waals surface area contributed by atoms with Crippen molar-refractivity contribution in [1.82, 2.24) is 0 Å². The Labute approximate surface area is 119 Å². The SMILES string of the molecule is COC(OC)C(C)Nc1ccc2c(c1)CCN2C(C)=O. The molecular formula is C15H22N2O3. The number of ether oxygens (including phenoxy) is 2. The van der Waals surface area contributed by atoms with Gasteiger partial charge in [0.15, 0.2) is 6.29 Å². The average Bonchev–Trinajstić information content (AvgIpc) is 2.83. The van der Waals surface area contributed by atoms with Gasteiger partial charge in [-0.05, 0) is 37.1 Å². The molecule has 1 aliphatic heterocycles. The van der Waals surface area contributed by atoms with Crippen molar-refractivity contribution >= 4 is 17.3 Å². The molecule has 1 aromatic carbocycles. The van der Waals surface area contributed by atoms with Crippen LogP contribution in [0.25, 0.3) is 0 Å². The molecule has 0 bridgehead atoms. The first-order valence-electron chi connectivity index (χ1n) is 6.80. The van der Waals surface area contributed by atoms with E-state index in [2.05, 4.69) is 11.4 Å². The van der Waals surface area contributed by atoms with E-state index in [1.165, 1.54) is 5.56 Å². The lowest BCUT2D eigenvalue weighted by atomic mass is 10.1. The van der Waals surface area contributed by atoms with Crippen LogP contribution in [-0.2, 0) is 20.7 Å². The van der Waals surface area contributed by atoms with E-state index >= 15 is 0 Å². The molecule has 110 valence electrons. The van der Waals surface area contributed by atoms with Crippen molar-refractivity contribution in [3.05, 3.63) is 23.8 Å². The Morgan fingerprint density at radius 3 is 2.65 bits per heavy atom. The Hall–Kier alpha value is -1.59. The lowest BCUT2D eigenvalue weighted by Crippen LogP contribution is -2.33. The molecule has 0 saturated heterocycles. The maximum Gasteiger partial charge on any atom is 0.223 e. The van der Waals surface area contributed by atoms with E-state index in [-0.39, 0.29) is 18.2 Å². The summed E-state index contributed by atoms with van der Waals surface area (Å²) in [5, 5.41) is 3.36. The van der Waals surface area contributed by atoms with Gasteiger partial charge in [-0.25, -0.2) is 0 Å². The number of methoxy groups -OCH3 is 2. The second-order valence-corrected chi connectivity index (χ2v) is 5.04. The number of amides is 1. The molecule has 0 radical (unpaired) electrons. The van der Waals surface area contributed by atoms with E-state index in [0.29, 0.717) is 0 Å². The Balaban J connectivity index is 2.11. The monoisotopic (exact) mass is 278 g/mol. The van der Waals surface area contributed by atoms with Gasteiger partial charge < -0.3 is 19.7 Å². The number of nitrogens with one attached hydrogen (secondary N) is 1. The largest absolute Gasteiger partial charge is 0.377 e. The minimum atomic E-state index is -0.294. The van der Waals surface area contributed by atoms with Gasteiger partial charge in [-0.15, -0.1) is 0 Å². The summed E-state index contributed by atoms with van der Waals surface area (Å²) in [5.41, 5.74) is 3.23. The molecule has 1 aromatic rings. The molecule has 0 spiro atoms. The van der Waals surface area contributed by atoms with Crippen LogP contribution in [0.15, 0.2) is 18.2 Å². The number of carbonyl (C=O) groups excluding carboxylic acids is 1. The third-order valence-corrected chi connectivity index (χ3v) is 3.62. The summed E-state index contributed by atoms with van der Waals surface area (Å²) in [6, 6.07) is 6.11. The molecule has 1 atom stereocenters. The van der Waals surface area contributed by atoms with Crippen molar-refractivity contribution in [3.8, 4) is 0 Å². The van der Waals surface area contributed by atoms with Gasteiger partial charge in [-0.3, -0.25) is 4.79 Å². The quantitative estimate of drug-likeness (QED) is 0.837. The van der Waals surface area contributed by atoms with E-state index in [0.717, 1.165) is 24.3 Å². The van der Waals surface area contributed by atoms with Crippen LogP contribution < -0.4 is 10.2 Å². The first-order valence-corrected chi connectivity index (χ1v) is 6.80. The van der Waals surface area contributed by atoms with Crippen LogP contribution in [0.3, 0.4) is 0 Å². The Morgan fingerprint density at radius 2 is 2.05 bits per heavy atom. The zero-order valence-corrected chi connectivity index (χ0v) is 12.5. The lowest BCUT2D eigenvalue weighted by Gasteiger charge is -2.23. The van der Waals surface area contributed by atoms with Crippen LogP contribution in [0.4, 0.5) is 11.4 Å². The molecule has 1 aliphatic rings. The maximum absolute atomic E-state index is 11.5. The van der Waals surface area contributed by atoms with Gasteiger partial charge in [0.05, 0.1) is 6.04 Å². The molecule has 0 fully saturated rings. The van der Waals surface area contributed by atoms with Gasteiger partial charge in [0.1, 0.15) is 0 Å². The standard InChI is InChI=1S/C15H22N2O3/c1-10(15(19-3)20-4)16-13-5-6-14-12(9-13)7-8-17(14)11(2)18/h5-6,9-10,15-16H,7-8H2,1-4H3. The zero-order chi connectivity index (χ0) is 14.7. The highest BCUT2D eigenvalue weighted by Gasteiger charge is 2.23. The predicted molar refractivity (Wildman–Crippen MR) is 79.1 cm³/mol. The van der Waals surface area contributed by atoms with E-state index in [4.69, 9.17) is 9.47 Å². The number of carbonyl (C=O) groups is 1. The molecule has 0 aromatic heterocycles. The van der Waals surface area contributed by atoms with Crippen molar-refractivity contribution in [2.45, 2.75) is 32.6 Å². The van der Waals surface area contributed by atoms with Gasteiger partial charge in [0, 0.05) is 39.1 Å². The second-order valence-electron chi connectivity index (χ2n) is 5.04. The van der Waals surface area contributed by atoms with E-state index in [1.807, 2.05) is 24.0 Å². The van der Waals surface area contributed by atoms with Crippen molar-refractivity contribution in [3.63, 3.8) is 0 Å². The third kappa shape index (κ3) is 2.94. The minimum absolute atomic E-state index is 0.0355.